The summed E-state index contributed by atoms with van der Waals surface area (Å²) in [6, 6.07) is 3.38. The van der Waals surface area contributed by atoms with Crippen molar-refractivity contribution in [3.05, 3.63) is 23.9 Å². The highest BCUT2D eigenvalue weighted by Gasteiger charge is 2.25. The number of hydrogen-bond donors (Lipinski definition) is 1. The summed E-state index contributed by atoms with van der Waals surface area (Å²) < 4.78 is 0. The van der Waals surface area contributed by atoms with Crippen LogP contribution in [-0.4, -0.2) is 23.5 Å². The van der Waals surface area contributed by atoms with Gasteiger partial charge in [-0.1, -0.05) is 26.8 Å². The minimum absolute atomic E-state index is 0.0334. The van der Waals surface area contributed by atoms with E-state index in [1.807, 2.05) is 12.1 Å². The van der Waals surface area contributed by atoms with Gasteiger partial charge in [-0.05, 0) is 17.0 Å². The van der Waals surface area contributed by atoms with Crippen molar-refractivity contribution in [3.63, 3.8) is 0 Å². The number of urea groups is 1. The van der Waals surface area contributed by atoms with Crippen molar-refractivity contribution in [3.8, 4) is 0 Å². The normalized spacial score (nSPS) is 16.7. The van der Waals surface area contributed by atoms with Crippen LogP contribution in [0.5, 0.6) is 0 Å². The topological polar surface area (TPSA) is 62.3 Å². The SMILES string of the molecule is CC(C)(C)c1ccc(N2CCC(=O)NC2=O)nc1. The van der Waals surface area contributed by atoms with Crippen LogP contribution in [0.2, 0.25) is 0 Å². The smallest absolute Gasteiger partial charge is 0.278 e. The van der Waals surface area contributed by atoms with Gasteiger partial charge in [0.15, 0.2) is 0 Å². The Kier molecular flexibility index (Phi) is 3.07. The Hall–Kier alpha value is -1.91. The molecular weight excluding hydrogens is 230 g/mol. The molecule has 0 spiro atoms. The first-order valence-corrected chi connectivity index (χ1v) is 5.96. The van der Waals surface area contributed by atoms with Gasteiger partial charge in [-0.3, -0.25) is 15.0 Å². The maximum absolute atomic E-state index is 11.6. The highest BCUT2D eigenvalue weighted by atomic mass is 16.2. The number of nitrogens with zero attached hydrogens (tertiary/aromatic N) is 2. The second-order valence-corrected chi connectivity index (χ2v) is 5.41. The molecule has 1 N–H and O–H groups in total. The minimum atomic E-state index is -0.401. The Balaban J connectivity index is 2.20. The van der Waals surface area contributed by atoms with E-state index in [2.05, 4.69) is 31.1 Å². The van der Waals surface area contributed by atoms with Gasteiger partial charge in [0.1, 0.15) is 5.82 Å². The number of carbonyl (C=O) groups excluding carboxylic acids is 2. The lowest BCUT2D eigenvalue weighted by Gasteiger charge is -2.26. The average Bonchev–Trinajstić information content (AvgIpc) is 2.28. The number of imide groups is 1. The molecule has 0 radical (unpaired) electrons. The van der Waals surface area contributed by atoms with Crippen LogP contribution in [-0.2, 0) is 10.2 Å². The molecule has 1 aliphatic rings. The Labute approximate surface area is 106 Å². The molecule has 1 aromatic rings. The number of carbonyl (C=O) groups is 2. The van der Waals surface area contributed by atoms with Crippen molar-refractivity contribution >= 4 is 17.8 Å². The van der Waals surface area contributed by atoms with Gasteiger partial charge in [0.2, 0.25) is 5.91 Å². The second kappa shape index (κ2) is 4.40. The van der Waals surface area contributed by atoms with Gasteiger partial charge < -0.3 is 0 Å². The zero-order valence-electron chi connectivity index (χ0n) is 10.9. The quantitative estimate of drug-likeness (QED) is 0.823. The largest absolute Gasteiger partial charge is 0.329 e. The Morgan fingerprint density at radius 1 is 1.28 bits per heavy atom. The Morgan fingerprint density at radius 3 is 2.50 bits per heavy atom. The molecule has 2 heterocycles. The summed E-state index contributed by atoms with van der Waals surface area (Å²) in [4.78, 5) is 28.5. The lowest BCUT2D eigenvalue weighted by atomic mass is 9.88. The molecule has 0 atom stereocenters. The lowest BCUT2D eigenvalue weighted by molar-refractivity contribution is -0.120. The van der Waals surface area contributed by atoms with E-state index < -0.39 is 6.03 Å². The molecular formula is C13H17N3O2. The van der Waals surface area contributed by atoms with Gasteiger partial charge in [0.25, 0.3) is 0 Å². The van der Waals surface area contributed by atoms with E-state index in [0.717, 1.165) is 5.56 Å². The van der Waals surface area contributed by atoms with E-state index in [1.54, 1.807) is 6.20 Å². The highest BCUT2D eigenvalue weighted by molar-refractivity contribution is 6.05. The zero-order valence-corrected chi connectivity index (χ0v) is 10.9. The fraction of sp³-hybridized carbons (Fsp3) is 0.462. The number of aromatic nitrogens is 1. The summed E-state index contributed by atoms with van der Waals surface area (Å²) in [7, 11) is 0. The van der Waals surface area contributed by atoms with E-state index in [4.69, 9.17) is 0 Å². The summed E-state index contributed by atoms with van der Waals surface area (Å²) >= 11 is 0. The summed E-state index contributed by atoms with van der Waals surface area (Å²) in [6.45, 7) is 6.70. The number of pyridine rings is 1. The number of amides is 3. The Bertz CT molecular complexity index is 474. The molecule has 96 valence electrons. The summed E-state index contributed by atoms with van der Waals surface area (Å²) in [6.07, 6.45) is 2.09. The van der Waals surface area contributed by atoms with Crippen LogP contribution in [0.25, 0.3) is 0 Å². The van der Waals surface area contributed by atoms with Crippen LogP contribution in [0, 0.1) is 0 Å². The standard InChI is InChI=1S/C13H17N3O2/c1-13(2,3)9-4-5-10(14-8-9)16-7-6-11(17)15-12(16)18/h4-5,8H,6-7H2,1-3H3,(H,15,17,18). The lowest BCUT2D eigenvalue weighted by Crippen LogP contribution is -2.49. The summed E-state index contributed by atoms with van der Waals surface area (Å²) in [5.41, 5.74) is 1.14. The van der Waals surface area contributed by atoms with E-state index in [-0.39, 0.29) is 11.3 Å². The number of anilines is 1. The molecule has 3 amide bonds. The first-order chi connectivity index (χ1) is 8.38. The third-order valence-corrected chi connectivity index (χ3v) is 2.94. The highest BCUT2D eigenvalue weighted by Crippen LogP contribution is 2.23. The van der Waals surface area contributed by atoms with E-state index in [0.29, 0.717) is 18.8 Å². The van der Waals surface area contributed by atoms with Crippen molar-refractivity contribution in [2.24, 2.45) is 0 Å². The Morgan fingerprint density at radius 2 is 2.00 bits per heavy atom. The molecule has 5 nitrogen and oxygen atoms in total. The van der Waals surface area contributed by atoms with Gasteiger partial charge in [-0.15, -0.1) is 0 Å². The van der Waals surface area contributed by atoms with Crippen molar-refractivity contribution in [1.82, 2.24) is 10.3 Å². The molecule has 1 aromatic heterocycles. The number of nitrogens with one attached hydrogen (secondary N) is 1. The average molecular weight is 247 g/mol. The first kappa shape index (κ1) is 12.5. The first-order valence-electron chi connectivity index (χ1n) is 5.96. The monoisotopic (exact) mass is 247 g/mol. The van der Waals surface area contributed by atoms with Gasteiger partial charge in [0.05, 0.1) is 0 Å². The van der Waals surface area contributed by atoms with Crippen LogP contribution in [0.4, 0.5) is 10.6 Å². The third kappa shape index (κ3) is 2.50. The molecule has 0 aromatic carbocycles. The van der Waals surface area contributed by atoms with Crippen molar-refractivity contribution in [2.45, 2.75) is 32.6 Å². The van der Waals surface area contributed by atoms with E-state index >= 15 is 0 Å². The number of rotatable bonds is 1. The van der Waals surface area contributed by atoms with Gasteiger partial charge in [-0.25, -0.2) is 9.78 Å². The fourth-order valence-electron chi connectivity index (χ4n) is 1.77. The van der Waals surface area contributed by atoms with Crippen LogP contribution >= 0.6 is 0 Å². The molecule has 1 saturated heterocycles. The summed E-state index contributed by atoms with van der Waals surface area (Å²) in [5, 5.41) is 2.28. The molecule has 0 bridgehead atoms. The van der Waals surface area contributed by atoms with Crippen LogP contribution < -0.4 is 10.2 Å². The van der Waals surface area contributed by atoms with Gasteiger partial charge >= 0.3 is 6.03 Å². The molecule has 2 rings (SSSR count). The third-order valence-electron chi connectivity index (χ3n) is 2.94. The van der Waals surface area contributed by atoms with Crippen LogP contribution in [0.3, 0.4) is 0 Å². The van der Waals surface area contributed by atoms with Crippen LogP contribution in [0.1, 0.15) is 32.8 Å². The molecule has 1 aliphatic heterocycles. The molecule has 0 unspecified atom stereocenters. The maximum Gasteiger partial charge on any atom is 0.329 e. The van der Waals surface area contributed by atoms with E-state index in [9.17, 15) is 9.59 Å². The molecule has 18 heavy (non-hydrogen) atoms. The van der Waals surface area contributed by atoms with Gasteiger partial charge in [0, 0.05) is 19.2 Å². The second-order valence-electron chi connectivity index (χ2n) is 5.41. The molecule has 0 aliphatic carbocycles. The van der Waals surface area contributed by atoms with Crippen molar-refractivity contribution in [2.75, 3.05) is 11.4 Å². The number of hydrogen-bond acceptors (Lipinski definition) is 3. The minimum Gasteiger partial charge on any atom is -0.278 e. The van der Waals surface area contributed by atoms with E-state index in [1.165, 1.54) is 4.90 Å². The van der Waals surface area contributed by atoms with Crippen molar-refractivity contribution in [1.29, 1.82) is 0 Å². The maximum atomic E-state index is 11.6. The predicted octanol–water partition coefficient (Wildman–Crippen LogP) is 1.83. The zero-order chi connectivity index (χ0) is 13.3. The molecule has 0 saturated carbocycles. The molecule has 1 fully saturated rings. The van der Waals surface area contributed by atoms with Crippen molar-refractivity contribution < 1.29 is 9.59 Å². The molecule has 5 heteroatoms. The fourth-order valence-corrected chi connectivity index (χ4v) is 1.77. The van der Waals surface area contributed by atoms with Gasteiger partial charge in [-0.2, -0.15) is 0 Å². The predicted molar refractivity (Wildman–Crippen MR) is 68.4 cm³/mol. The summed E-state index contributed by atoms with van der Waals surface area (Å²) in [5.74, 6) is 0.343. The van der Waals surface area contributed by atoms with Crippen LogP contribution in [0.15, 0.2) is 18.3 Å².